The van der Waals surface area contributed by atoms with Crippen LogP contribution in [0.25, 0.3) is 22.4 Å². The Labute approximate surface area is 118 Å². The molecule has 0 unspecified atom stereocenters. The summed E-state index contributed by atoms with van der Waals surface area (Å²) in [5, 5.41) is 9.10. The highest BCUT2D eigenvalue weighted by atomic mass is 14.7. The van der Waals surface area contributed by atoms with Gasteiger partial charge >= 0.3 is 0 Å². The topological polar surface area (TPSA) is 36.7 Å². The Balaban J connectivity index is 2.23. The molecule has 0 amide bonds. The van der Waals surface area contributed by atoms with Crippen LogP contribution in [-0.2, 0) is 0 Å². The van der Waals surface area contributed by atoms with Crippen molar-refractivity contribution in [3.8, 4) is 28.5 Å². The molecule has 0 bridgehead atoms. The van der Waals surface area contributed by atoms with Gasteiger partial charge in [-0.15, -0.1) is 0 Å². The normalized spacial score (nSPS) is 9.95. The summed E-state index contributed by atoms with van der Waals surface area (Å²) in [6.07, 6.45) is 1.78. The maximum Gasteiger partial charge on any atom is 0.0991 e. The molecule has 0 N–H and O–H groups in total. The molecule has 2 nitrogen and oxygen atoms in total. The van der Waals surface area contributed by atoms with Crippen LogP contribution in [0.5, 0.6) is 0 Å². The summed E-state index contributed by atoms with van der Waals surface area (Å²) in [6, 6.07) is 23.8. The molecule has 0 aliphatic heterocycles. The second-order valence-electron chi connectivity index (χ2n) is 4.45. The van der Waals surface area contributed by atoms with Crippen LogP contribution in [0.2, 0.25) is 0 Å². The number of nitrogens with zero attached hydrogens (tertiary/aromatic N) is 2. The molecular weight excluding hydrogens is 244 g/mol. The van der Waals surface area contributed by atoms with Gasteiger partial charge < -0.3 is 0 Å². The summed E-state index contributed by atoms with van der Waals surface area (Å²) in [4.78, 5) is 4.41. The molecule has 2 aromatic carbocycles. The SMILES string of the molecule is N#Cc1ccc(-c2ccccn2)c(-c2ccccc2)c1. The van der Waals surface area contributed by atoms with Crippen LogP contribution in [0.1, 0.15) is 5.56 Å². The quantitative estimate of drug-likeness (QED) is 0.686. The van der Waals surface area contributed by atoms with E-state index in [1.54, 1.807) is 6.20 Å². The van der Waals surface area contributed by atoms with Gasteiger partial charge in [0, 0.05) is 11.8 Å². The van der Waals surface area contributed by atoms with E-state index in [0.29, 0.717) is 5.56 Å². The summed E-state index contributed by atoms with van der Waals surface area (Å²) in [5.74, 6) is 0. The van der Waals surface area contributed by atoms with E-state index in [1.807, 2.05) is 66.7 Å². The zero-order chi connectivity index (χ0) is 13.8. The molecule has 20 heavy (non-hydrogen) atoms. The van der Waals surface area contributed by atoms with Gasteiger partial charge in [0.05, 0.1) is 17.3 Å². The molecule has 0 saturated carbocycles. The Bertz CT molecular complexity index is 756. The predicted molar refractivity (Wildman–Crippen MR) is 79.8 cm³/mol. The minimum atomic E-state index is 0.656. The zero-order valence-electron chi connectivity index (χ0n) is 10.8. The third-order valence-electron chi connectivity index (χ3n) is 3.17. The highest BCUT2D eigenvalue weighted by Crippen LogP contribution is 2.31. The van der Waals surface area contributed by atoms with Gasteiger partial charge in [0.15, 0.2) is 0 Å². The smallest absolute Gasteiger partial charge is 0.0991 e. The van der Waals surface area contributed by atoms with E-state index in [9.17, 15) is 0 Å². The van der Waals surface area contributed by atoms with Gasteiger partial charge in [-0.25, -0.2) is 0 Å². The number of hydrogen-bond donors (Lipinski definition) is 0. The van der Waals surface area contributed by atoms with E-state index >= 15 is 0 Å². The molecule has 0 aliphatic rings. The first kappa shape index (κ1) is 12.1. The van der Waals surface area contributed by atoms with E-state index in [0.717, 1.165) is 22.4 Å². The Morgan fingerprint density at radius 2 is 1.60 bits per heavy atom. The summed E-state index contributed by atoms with van der Waals surface area (Å²) in [7, 11) is 0. The Kier molecular flexibility index (Phi) is 3.26. The molecular formula is C18H12N2. The Morgan fingerprint density at radius 1 is 0.800 bits per heavy atom. The minimum absolute atomic E-state index is 0.656. The predicted octanol–water partition coefficient (Wildman–Crippen LogP) is 4.29. The van der Waals surface area contributed by atoms with E-state index in [-0.39, 0.29) is 0 Å². The number of rotatable bonds is 2. The average Bonchev–Trinajstić information content (AvgIpc) is 2.56. The third-order valence-corrected chi connectivity index (χ3v) is 3.17. The highest BCUT2D eigenvalue weighted by molar-refractivity contribution is 5.82. The number of pyridine rings is 1. The van der Waals surface area contributed by atoms with E-state index in [1.165, 1.54) is 0 Å². The molecule has 3 aromatic rings. The van der Waals surface area contributed by atoms with Crippen LogP contribution >= 0.6 is 0 Å². The van der Waals surface area contributed by atoms with Gasteiger partial charge in [0.25, 0.3) is 0 Å². The fourth-order valence-corrected chi connectivity index (χ4v) is 2.22. The lowest BCUT2D eigenvalue weighted by Gasteiger charge is -2.10. The van der Waals surface area contributed by atoms with Crippen molar-refractivity contribution >= 4 is 0 Å². The number of aromatic nitrogens is 1. The average molecular weight is 256 g/mol. The third kappa shape index (κ3) is 2.30. The van der Waals surface area contributed by atoms with Gasteiger partial charge in [-0.2, -0.15) is 5.26 Å². The first-order chi connectivity index (χ1) is 9.88. The second kappa shape index (κ2) is 5.38. The van der Waals surface area contributed by atoms with Crippen molar-refractivity contribution < 1.29 is 0 Å². The molecule has 3 rings (SSSR count). The first-order valence-corrected chi connectivity index (χ1v) is 6.39. The summed E-state index contributed by atoms with van der Waals surface area (Å²) in [6.45, 7) is 0. The number of hydrogen-bond acceptors (Lipinski definition) is 2. The fourth-order valence-electron chi connectivity index (χ4n) is 2.22. The molecule has 0 aliphatic carbocycles. The lowest BCUT2D eigenvalue weighted by Crippen LogP contribution is -1.89. The maximum absolute atomic E-state index is 9.10. The molecule has 1 aromatic heterocycles. The van der Waals surface area contributed by atoms with Crippen molar-refractivity contribution in [2.24, 2.45) is 0 Å². The molecule has 0 atom stereocenters. The van der Waals surface area contributed by atoms with E-state index < -0.39 is 0 Å². The summed E-state index contributed by atoms with van der Waals surface area (Å²) < 4.78 is 0. The molecule has 1 heterocycles. The van der Waals surface area contributed by atoms with Gasteiger partial charge in [-0.1, -0.05) is 42.5 Å². The monoisotopic (exact) mass is 256 g/mol. The molecule has 2 heteroatoms. The molecule has 0 saturated heterocycles. The first-order valence-electron chi connectivity index (χ1n) is 6.39. The van der Waals surface area contributed by atoms with Gasteiger partial charge in [-0.05, 0) is 35.4 Å². The zero-order valence-corrected chi connectivity index (χ0v) is 10.8. The van der Waals surface area contributed by atoms with E-state index in [2.05, 4.69) is 11.1 Å². The summed E-state index contributed by atoms with van der Waals surface area (Å²) >= 11 is 0. The fraction of sp³-hybridized carbons (Fsp3) is 0. The van der Waals surface area contributed by atoms with Crippen LogP contribution < -0.4 is 0 Å². The summed E-state index contributed by atoms with van der Waals surface area (Å²) in [5.41, 5.74) is 4.73. The minimum Gasteiger partial charge on any atom is -0.256 e. The molecule has 0 radical (unpaired) electrons. The van der Waals surface area contributed by atoms with E-state index in [4.69, 9.17) is 5.26 Å². The lowest BCUT2D eigenvalue weighted by atomic mass is 9.95. The van der Waals surface area contributed by atoms with Gasteiger partial charge in [-0.3, -0.25) is 4.98 Å². The molecule has 0 fully saturated rings. The highest BCUT2D eigenvalue weighted by Gasteiger charge is 2.09. The van der Waals surface area contributed by atoms with Crippen molar-refractivity contribution in [3.63, 3.8) is 0 Å². The lowest BCUT2D eigenvalue weighted by molar-refractivity contribution is 1.32. The van der Waals surface area contributed by atoms with Crippen molar-refractivity contribution in [2.75, 3.05) is 0 Å². The number of nitriles is 1. The largest absolute Gasteiger partial charge is 0.256 e. The van der Waals surface area contributed by atoms with Crippen molar-refractivity contribution in [1.82, 2.24) is 4.98 Å². The van der Waals surface area contributed by atoms with Crippen LogP contribution in [0.3, 0.4) is 0 Å². The van der Waals surface area contributed by atoms with Gasteiger partial charge in [0.2, 0.25) is 0 Å². The van der Waals surface area contributed by atoms with Gasteiger partial charge in [0.1, 0.15) is 0 Å². The van der Waals surface area contributed by atoms with Crippen LogP contribution in [-0.4, -0.2) is 4.98 Å². The Morgan fingerprint density at radius 3 is 2.30 bits per heavy atom. The van der Waals surface area contributed by atoms with Crippen LogP contribution in [0.4, 0.5) is 0 Å². The van der Waals surface area contributed by atoms with Crippen LogP contribution in [0.15, 0.2) is 72.9 Å². The van der Waals surface area contributed by atoms with Crippen molar-refractivity contribution in [1.29, 1.82) is 5.26 Å². The molecule has 94 valence electrons. The van der Waals surface area contributed by atoms with Crippen LogP contribution in [0, 0.1) is 11.3 Å². The standard InChI is InChI=1S/C18H12N2/c19-13-14-9-10-16(18-8-4-5-11-20-18)17(12-14)15-6-2-1-3-7-15/h1-12H. The van der Waals surface area contributed by atoms with Crippen molar-refractivity contribution in [3.05, 3.63) is 78.5 Å². The number of benzene rings is 2. The maximum atomic E-state index is 9.10. The van der Waals surface area contributed by atoms with Crippen molar-refractivity contribution in [2.45, 2.75) is 0 Å². The Hall–Kier alpha value is -2.92. The second-order valence-corrected chi connectivity index (χ2v) is 4.45. The molecule has 0 spiro atoms.